The molecule has 1 unspecified atom stereocenters. The molecule has 23 heavy (non-hydrogen) atoms. The SMILES string of the molecule is CCCNCCNC(=O)C(C)N1CCc2ccccc2C1.Cl.Cl. The van der Waals surface area contributed by atoms with Crippen molar-refractivity contribution in [3.63, 3.8) is 0 Å². The molecule has 1 amide bonds. The van der Waals surface area contributed by atoms with Gasteiger partial charge in [-0.1, -0.05) is 31.2 Å². The number of carbonyl (C=O) groups excluding carboxylic acids is 1. The molecule has 0 fully saturated rings. The Hall–Kier alpha value is -0.810. The van der Waals surface area contributed by atoms with Gasteiger partial charge in [-0.05, 0) is 37.4 Å². The van der Waals surface area contributed by atoms with E-state index in [1.54, 1.807) is 0 Å². The number of nitrogens with one attached hydrogen (secondary N) is 2. The zero-order valence-corrected chi connectivity index (χ0v) is 15.6. The molecule has 1 atom stereocenters. The monoisotopic (exact) mass is 361 g/mol. The van der Waals surface area contributed by atoms with E-state index in [1.165, 1.54) is 11.1 Å². The second kappa shape index (κ2) is 11.7. The van der Waals surface area contributed by atoms with Gasteiger partial charge in [0.25, 0.3) is 0 Å². The topological polar surface area (TPSA) is 44.4 Å². The summed E-state index contributed by atoms with van der Waals surface area (Å²) in [6, 6.07) is 8.46. The molecule has 132 valence electrons. The molecule has 0 radical (unpaired) electrons. The summed E-state index contributed by atoms with van der Waals surface area (Å²) in [6.45, 7) is 8.53. The van der Waals surface area contributed by atoms with Gasteiger partial charge in [0.1, 0.15) is 0 Å². The second-order valence-corrected chi connectivity index (χ2v) is 5.71. The number of amides is 1. The van der Waals surface area contributed by atoms with Crippen LogP contribution in [0.4, 0.5) is 0 Å². The first-order chi connectivity index (χ1) is 10.2. The number of nitrogens with zero attached hydrogens (tertiary/aromatic N) is 1. The highest BCUT2D eigenvalue weighted by molar-refractivity contribution is 5.85. The molecule has 0 spiro atoms. The molecule has 1 aliphatic rings. The van der Waals surface area contributed by atoms with E-state index in [2.05, 4.69) is 46.7 Å². The van der Waals surface area contributed by atoms with Gasteiger partial charge in [-0.25, -0.2) is 0 Å². The number of rotatable bonds is 7. The Labute approximate surface area is 152 Å². The lowest BCUT2D eigenvalue weighted by molar-refractivity contribution is -0.126. The van der Waals surface area contributed by atoms with Crippen LogP contribution in [0, 0.1) is 0 Å². The van der Waals surface area contributed by atoms with Crippen LogP contribution in [-0.4, -0.2) is 43.0 Å². The van der Waals surface area contributed by atoms with Crippen molar-refractivity contribution in [3.05, 3.63) is 35.4 Å². The van der Waals surface area contributed by atoms with E-state index in [0.29, 0.717) is 6.54 Å². The van der Waals surface area contributed by atoms with Crippen LogP contribution in [0.25, 0.3) is 0 Å². The quantitative estimate of drug-likeness (QED) is 0.732. The van der Waals surface area contributed by atoms with Gasteiger partial charge >= 0.3 is 0 Å². The highest BCUT2D eigenvalue weighted by Gasteiger charge is 2.24. The van der Waals surface area contributed by atoms with E-state index in [9.17, 15) is 4.79 Å². The Morgan fingerprint density at radius 2 is 1.87 bits per heavy atom. The molecule has 1 aromatic carbocycles. The maximum Gasteiger partial charge on any atom is 0.237 e. The van der Waals surface area contributed by atoms with Gasteiger partial charge in [-0.2, -0.15) is 0 Å². The molecule has 1 aliphatic heterocycles. The van der Waals surface area contributed by atoms with Crippen molar-refractivity contribution in [1.29, 1.82) is 0 Å². The molecule has 2 rings (SSSR count). The van der Waals surface area contributed by atoms with E-state index in [-0.39, 0.29) is 36.8 Å². The zero-order valence-electron chi connectivity index (χ0n) is 14.0. The largest absolute Gasteiger partial charge is 0.353 e. The van der Waals surface area contributed by atoms with Crippen molar-refractivity contribution in [1.82, 2.24) is 15.5 Å². The molecular formula is C17H29Cl2N3O. The average Bonchev–Trinajstić information content (AvgIpc) is 2.53. The van der Waals surface area contributed by atoms with Crippen LogP contribution < -0.4 is 10.6 Å². The summed E-state index contributed by atoms with van der Waals surface area (Å²) < 4.78 is 0. The molecule has 6 heteroatoms. The maximum absolute atomic E-state index is 12.2. The van der Waals surface area contributed by atoms with Crippen LogP contribution in [0.15, 0.2) is 24.3 Å². The second-order valence-electron chi connectivity index (χ2n) is 5.71. The summed E-state index contributed by atoms with van der Waals surface area (Å²) in [5.74, 6) is 0.132. The van der Waals surface area contributed by atoms with Crippen LogP contribution in [0.2, 0.25) is 0 Å². The van der Waals surface area contributed by atoms with Crippen LogP contribution in [-0.2, 0) is 17.8 Å². The lowest BCUT2D eigenvalue weighted by atomic mass is 9.99. The third kappa shape index (κ3) is 6.68. The predicted molar refractivity (Wildman–Crippen MR) is 101 cm³/mol. The number of fused-ring (bicyclic) bond motifs is 1. The van der Waals surface area contributed by atoms with Gasteiger partial charge in [0.05, 0.1) is 6.04 Å². The number of carbonyl (C=O) groups is 1. The lowest BCUT2D eigenvalue weighted by Gasteiger charge is -2.32. The Morgan fingerprint density at radius 3 is 2.57 bits per heavy atom. The van der Waals surface area contributed by atoms with E-state index < -0.39 is 0 Å². The minimum absolute atomic E-state index is 0. The summed E-state index contributed by atoms with van der Waals surface area (Å²) in [5, 5.41) is 6.31. The smallest absolute Gasteiger partial charge is 0.237 e. The maximum atomic E-state index is 12.2. The first kappa shape index (κ1) is 22.2. The number of hydrogen-bond acceptors (Lipinski definition) is 3. The molecule has 1 heterocycles. The molecule has 0 aliphatic carbocycles. The lowest BCUT2D eigenvalue weighted by Crippen LogP contribution is -2.48. The molecule has 0 aromatic heterocycles. The Bertz CT molecular complexity index is 471. The number of halogens is 2. The highest BCUT2D eigenvalue weighted by Crippen LogP contribution is 2.20. The molecule has 1 aromatic rings. The molecule has 0 saturated carbocycles. The normalized spacial score (nSPS) is 14.9. The van der Waals surface area contributed by atoms with Crippen molar-refractivity contribution < 1.29 is 4.79 Å². The van der Waals surface area contributed by atoms with Crippen molar-refractivity contribution in [3.8, 4) is 0 Å². The molecule has 0 saturated heterocycles. The minimum atomic E-state index is -0.0652. The van der Waals surface area contributed by atoms with Crippen molar-refractivity contribution in [2.75, 3.05) is 26.2 Å². The summed E-state index contributed by atoms with van der Waals surface area (Å²) in [5.41, 5.74) is 2.78. The van der Waals surface area contributed by atoms with Crippen LogP contribution >= 0.6 is 24.8 Å². The van der Waals surface area contributed by atoms with E-state index in [4.69, 9.17) is 0 Å². The Morgan fingerprint density at radius 1 is 1.17 bits per heavy atom. The fourth-order valence-corrected chi connectivity index (χ4v) is 2.74. The van der Waals surface area contributed by atoms with Crippen molar-refractivity contribution in [2.24, 2.45) is 0 Å². The predicted octanol–water partition coefficient (Wildman–Crippen LogP) is 2.39. The summed E-state index contributed by atoms with van der Waals surface area (Å²) >= 11 is 0. The van der Waals surface area contributed by atoms with E-state index in [1.807, 2.05) is 6.92 Å². The summed E-state index contributed by atoms with van der Waals surface area (Å²) in [4.78, 5) is 14.5. The van der Waals surface area contributed by atoms with Gasteiger partial charge < -0.3 is 10.6 Å². The minimum Gasteiger partial charge on any atom is -0.353 e. The van der Waals surface area contributed by atoms with Gasteiger partial charge in [-0.3, -0.25) is 9.69 Å². The molecular weight excluding hydrogens is 333 g/mol. The van der Waals surface area contributed by atoms with Gasteiger partial charge in [0.2, 0.25) is 5.91 Å². The average molecular weight is 362 g/mol. The van der Waals surface area contributed by atoms with E-state index in [0.717, 1.165) is 39.0 Å². The first-order valence-electron chi connectivity index (χ1n) is 8.01. The molecule has 4 nitrogen and oxygen atoms in total. The fourth-order valence-electron chi connectivity index (χ4n) is 2.74. The Kier molecular flexibility index (Phi) is 11.3. The van der Waals surface area contributed by atoms with Crippen LogP contribution in [0.3, 0.4) is 0 Å². The molecule has 0 bridgehead atoms. The third-order valence-electron chi connectivity index (χ3n) is 4.12. The Balaban J connectivity index is 0.00000242. The van der Waals surface area contributed by atoms with Crippen molar-refractivity contribution >= 4 is 30.7 Å². The first-order valence-corrected chi connectivity index (χ1v) is 8.01. The summed E-state index contributed by atoms with van der Waals surface area (Å²) in [7, 11) is 0. The fraction of sp³-hybridized carbons (Fsp3) is 0.588. The van der Waals surface area contributed by atoms with Gasteiger partial charge in [0.15, 0.2) is 0 Å². The van der Waals surface area contributed by atoms with Crippen LogP contribution in [0.5, 0.6) is 0 Å². The third-order valence-corrected chi connectivity index (χ3v) is 4.12. The zero-order chi connectivity index (χ0) is 15.1. The number of benzene rings is 1. The standard InChI is InChI=1S/C17H27N3O.2ClH/c1-3-9-18-10-11-19-17(21)14(2)20-12-8-15-6-4-5-7-16(15)13-20;;/h4-7,14,18H,3,8-13H2,1-2H3,(H,19,21);2*1H. The highest BCUT2D eigenvalue weighted by atomic mass is 35.5. The molecule has 2 N–H and O–H groups in total. The summed E-state index contributed by atoms with van der Waals surface area (Å²) in [6.07, 6.45) is 2.16. The van der Waals surface area contributed by atoms with E-state index >= 15 is 0 Å². The van der Waals surface area contributed by atoms with Gasteiger partial charge in [0, 0.05) is 26.2 Å². The van der Waals surface area contributed by atoms with Crippen LogP contribution in [0.1, 0.15) is 31.4 Å². The van der Waals surface area contributed by atoms with Gasteiger partial charge in [-0.15, -0.1) is 24.8 Å². The van der Waals surface area contributed by atoms with Crippen molar-refractivity contribution in [2.45, 2.75) is 39.3 Å². The number of hydrogen-bond donors (Lipinski definition) is 2.